The van der Waals surface area contributed by atoms with Crippen molar-refractivity contribution in [2.45, 2.75) is 33.2 Å². The highest BCUT2D eigenvalue weighted by Gasteiger charge is 2.12. The highest BCUT2D eigenvalue weighted by Crippen LogP contribution is 2.22. The summed E-state index contributed by atoms with van der Waals surface area (Å²) in [5.41, 5.74) is 6.03. The van der Waals surface area contributed by atoms with Crippen LogP contribution in [0.4, 0.5) is 0 Å². The molecule has 0 bridgehead atoms. The van der Waals surface area contributed by atoms with Gasteiger partial charge in [-0.2, -0.15) is 0 Å². The number of nitrogens with zero attached hydrogens (tertiary/aromatic N) is 2. The summed E-state index contributed by atoms with van der Waals surface area (Å²) in [4.78, 5) is 4.84. The van der Waals surface area contributed by atoms with Gasteiger partial charge in [-0.1, -0.05) is 30.3 Å². The lowest BCUT2D eigenvalue weighted by molar-refractivity contribution is 0.280. The van der Waals surface area contributed by atoms with E-state index in [0.717, 1.165) is 30.7 Å². The first-order chi connectivity index (χ1) is 10.7. The van der Waals surface area contributed by atoms with Gasteiger partial charge in [0.05, 0.1) is 11.0 Å². The predicted molar refractivity (Wildman–Crippen MR) is 90.2 cm³/mol. The molecule has 0 aliphatic rings. The molecule has 0 saturated heterocycles. The smallest absolute Gasteiger partial charge is 0.114 e. The van der Waals surface area contributed by atoms with Crippen molar-refractivity contribution in [1.82, 2.24) is 9.55 Å². The molecule has 22 heavy (non-hydrogen) atoms. The number of aromatic nitrogens is 2. The van der Waals surface area contributed by atoms with Gasteiger partial charge in [-0.15, -0.1) is 0 Å². The molecule has 0 spiro atoms. The molecular formula is C19H22N2O. The van der Waals surface area contributed by atoms with Crippen molar-refractivity contribution in [1.29, 1.82) is 0 Å². The Bertz CT molecular complexity index is 775. The molecule has 3 aromatic rings. The largest absolute Gasteiger partial charge is 0.396 e. The third kappa shape index (κ3) is 2.90. The number of hydrogen-bond acceptors (Lipinski definition) is 2. The second-order valence-electron chi connectivity index (χ2n) is 5.84. The van der Waals surface area contributed by atoms with E-state index >= 15 is 0 Å². The molecular weight excluding hydrogens is 272 g/mol. The number of aliphatic hydroxyl groups is 1. The van der Waals surface area contributed by atoms with Crippen molar-refractivity contribution < 1.29 is 5.11 Å². The molecule has 0 aliphatic heterocycles. The Balaban J connectivity index is 2.07. The molecule has 0 unspecified atom stereocenters. The van der Waals surface area contributed by atoms with Crippen LogP contribution < -0.4 is 0 Å². The summed E-state index contributed by atoms with van der Waals surface area (Å²) in [6, 6.07) is 14.8. The van der Waals surface area contributed by atoms with Crippen LogP contribution in [0.3, 0.4) is 0 Å². The van der Waals surface area contributed by atoms with E-state index in [1.165, 1.54) is 22.2 Å². The van der Waals surface area contributed by atoms with E-state index in [2.05, 4.69) is 54.8 Å². The maximum atomic E-state index is 9.18. The Hall–Kier alpha value is -2.13. The van der Waals surface area contributed by atoms with Crippen LogP contribution in [-0.4, -0.2) is 21.3 Å². The minimum absolute atomic E-state index is 0.204. The number of aliphatic hydroxyl groups excluding tert-OH is 1. The summed E-state index contributed by atoms with van der Waals surface area (Å²) >= 11 is 0. The second-order valence-corrected chi connectivity index (χ2v) is 5.84. The fourth-order valence-corrected chi connectivity index (χ4v) is 2.82. The second kappa shape index (κ2) is 6.32. The van der Waals surface area contributed by atoms with E-state index in [9.17, 15) is 5.11 Å². The highest BCUT2D eigenvalue weighted by molar-refractivity contribution is 5.78. The molecule has 0 atom stereocenters. The average Bonchev–Trinajstić information content (AvgIpc) is 2.83. The van der Waals surface area contributed by atoms with Crippen molar-refractivity contribution in [3.63, 3.8) is 0 Å². The fourth-order valence-electron chi connectivity index (χ4n) is 2.82. The monoisotopic (exact) mass is 294 g/mol. The molecule has 1 N–H and O–H groups in total. The van der Waals surface area contributed by atoms with Gasteiger partial charge >= 0.3 is 0 Å². The van der Waals surface area contributed by atoms with E-state index in [-0.39, 0.29) is 6.61 Å². The Morgan fingerprint density at radius 3 is 2.50 bits per heavy atom. The van der Waals surface area contributed by atoms with Gasteiger partial charge in [0.2, 0.25) is 0 Å². The number of aryl methyl sites for hydroxylation is 3. The first-order valence-corrected chi connectivity index (χ1v) is 7.80. The fraction of sp³-hybridized carbons (Fsp3) is 0.316. The lowest BCUT2D eigenvalue weighted by Crippen LogP contribution is -2.06. The maximum Gasteiger partial charge on any atom is 0.114 e. The van der Waals surface area contributed by atoms with Gasteiger partial charge in [-0.05, 0) is 49.1 Å². The molecule has 1 heterocycles. The third-order valence-electron chi connectivity index (χ3n) is 4.19. The topological polar surface area (TPSA) is 38.0 Å². The van der Waals surface area contributed by atoms with E-state index in [4.69, 9.17) is 4.98 Å². The number of fused-ring (bicyclic) bond motifs is 1. The van der Waals surface area contributed by atoms with Crippen LogP contribution >= 0.6 is 0 Å². The zero-order valence-electron chi connectivity index (χ0n) is 13.2. The Morgan fingerprint density at radius 1 is 1.05 bits per heavy atom. The number of rotatable bonds is 5. The van der Waals surface area contributed by atoms with E-state index < -0.39 is 0 Å². The van der Waals surface area contributed by atoms with Crippen LogP contribution in [0, 0.1) is 13.8 Å². The first-order valence-electron chi connectivity index (χ1n) is 7.80. The van der Waals surface area contributed by atoms with Gasteiger partial charge in [0.25, 0.3) is 0 Å². The molecule has 1 aromatic heterocycles. The number of imidazole rings is 1. The lowest BCUT2D eigenvalue weighted by atomic mass is 10.1. The van der Waals surface area contributed by atoms with Crippen LogP contribution in [0.5, 0.6) is 0 Å². The van der Waals surface area contributed by atoms with Gasteiger partial charge in [-0.25, -0.2) is 4.98 Å². The van der Waals surface area contributed by atoms with Crippen molar-refractivity contribution in [3.05, 3.63) is 65.0 Å². The maximum absolute atomic E-state index is 9.18. The molecule has 3 rings (SSSR count). The van der Waals surface area contributed by atoms with E-state index in [1.807, 2.05) is 6.07 Å². The van der Waals surface area contributed by atoms with E-state index in [1.54, 1.807) is 0 Å². The predicted octanol–water partition coefficient (Wildman–Crippen LogP) is 3.63. The van der Waals surface area contributed by atoms with Gasteiger partial charge < -0.3 is 9.67 Å². The summed E-state index contributed by atoms with van der Waals surface area (Å²) < 4.78 is 2.25. The van der Waals surface area contributed by atoms with Crippen LogP contribution in [0.15, 0.2) is 42.5 Å². The van der Waals surface area contributed by atoms with Gasteiger partial charge in [0.1, 0.15) is 5.82 Å². The Kier molecular flexibility index (Phi) is 4.25. The molecule has 0 radical (unpaired) electrons. The van der Waals surface area contributed by atoms with Crippen LogP contribution in [0.25, 0.3) is 11.0 Å². The molecule has 3 heteroatoms. The van der Waals surface area contributed by atoms with Crippen molar-refractivity contribution in [3.8, 4) is 0 Å². The summed E-state index contributed by atoms with van der Waals surface area (Å²) in [5.74, 6) is 1.07. The van der Waals surface area contributed by atoms with Crippen molar-refractivity contribution >= 4 is 11.0 Å². The lowest BCUT2D eigenvalue weighted by Gasteiger charge is -2.09. The zero-order valence-corrected chi connectivity index (χ0v) is 13.2. The summed E-state index contributed by atoms with van der Waals surface area (Å²) in [6.07, 6.45) is 1.57. The van der Waals surface area contributed by atoms with Crippen LogP contribution in [0.2, 0.25) is 0 Å². The van der Waals surface area contributed by atoms with Crippen LogP contribution in [-0.2, 0) is 13.0 Å². The van der Waals surface area contributed by atoms with Crippen molar-refractivity contribution in [2.75, 3.05) is 6.61 Å². The first kappa shape index (κ1) is 14.8. The van der Waals surface area contributed by atoms with E-state index in [0.29, 0.717) is 0 Å². The SMILES string of the molecule is Cc1cc2nc(Cc3ccccc3)n(CCCO)c2cc1C. The summed E-state index contributed by atoms with van der Waals surface area (Å²) in [7, 11) is 0. The quantitative estimate of drug-likeness (QED) is 0.780. The zero-order chi connectivity index (χ0) is 15.5. The minimum Gasteiger partial charge on any atom is -0.396 e. The number of hydrogen-bond donors (Lipinski definition) is 1. The minimum atomic E-state index is 0.204. The molecule has 0 amide bonds. The summed E-state index contributed by atoms with van der Waals surface area (Å²) in [6.45, 7) is 5.26. The van der Waals surface area contributed by atoms with Gasteiger partial charge in [0.15, 0.2) is 0 Å². The molecule has 0 aliphatic carbocycles. The highest BCUT2D eigenvalue weighted by atomic mass is 16.3. The molecule has 2 aromatic carbocycles. The molecule has 0 saturated carbocycles. The molecule has 3 nitrogen and oxygen atoms in total. The van der Waals surface area contributed by atoms with Gasteiger partial charge in [-0.3, -0.25) is 0 Å². The van der Waals surface area contributed by atoms with Gasteiger partial charge in [0, 0.05) is 19.6 Å². The molecule has 0 fully saturated rings. The van der Waals surface area contributed by atoms with Crippen molar-refractivity contribution in [2.24, 2.45) is 0 Å². The normalized spacial score (nSPS) is 11.2. The number of benzene rings is 2. The summed E-state index contributed by atoms with van der Waals surface area (Å²) in [5, 5.41) is 9.18. The standard InChI is InChI=1S/C19H22N2O/c1-14-11-17-18(12-15(14)2)21(9-6-10-22)19(20-17)13-16-7-4-3-5-8-16/h3-5,7-8,11-12,22H,6,9-10,13H2,1-2H3. The van der Waals surface area contributed by atoms with Crippen LogP contribution in [0.1, 0.15) is 28.9 Å². The average molecular weight is 294 g/mol. The third-order valence-corrected chi connectivity index (χ3v) is 4.19. The Labute approximate surface area is 131 Å². The Morgan fingerprint density at radius 2 is 1.77 bits per heavy atom. The molecule has 114 valence electrons.